The van der Waals surface area contributed by atoms with Crippen molar-refractivity contribution in [1.82, 2.24) is 4.98 Å². The number of nitrogens with zero attached hydrogens (tertiary/aromatic N) is 2. The molecule has 3 N–H and O–H groups in total. The highest BCUT2D eigenvalue weighted by Gasteiger charge is 2.23. The Bertz CT molecular complexity index is 1500. The molecular formula is C22H18ClN5O4S. The van der Waals surface area contributed by atoms with Crippen molar-refractivity contribution in [3.8, 4) is 0 Å². The first-order valence-electron chi connectivity index (χ1n) is 9.68. The van der Waals surface area contributed by atoms with Crippen LogP contribution in [0, 0.1) is 17.0 Å². The van der Waals surface area contributed by atoms with Crippen LogP contribution >= 0.6 is 11.6 Å². The van der Waals surface area contributed by atoms with E-state index in [-0.39, 0.29) is 27.0 Å². The first-order valence-corrected chi connectivity index (χ1v) is 11.5. The number of hydrogen-bond acceptors (Lipinski definition) is 6. The first kappa shape index (κ1) is 22.3. The maximum Gasteiger partial charge on any atom is 0.270 e. The lowest BCUT2D eigenvalue weighted by atomic mass is 10.1. The van der Waals surface area contributed by atoms with Crippen molar-refractivity contribution in [3.63, 3.8) is 0 Å². The van der Waals surface area contributed by atoms with Crippen LogP contribution < -0.4 is 10.1 Å². The number of nitrogens with one attached hydrogen (secondary N) is 3. The number of nitro benzene ring substituents is 1. The average molecular weight is 484 g/mol. The topological polar surface area (TPSA) is 129 Å². The van der Waals surface area contributed by atoms with E-state index in [2.05, 4.69) is 20.2 Å². The van der Waals surface area contributed by atoms with Gasteiger partial charge in [-0.2, -0.15) is 5.10 Å². The van der Waals surface area contributed by atoms with Gasteiger partial charge in [-0.3, -0.25) is 20.3 Å². The molecular weight excluding hydrogens is 466 g/mol. The molecule has 0 unspecified atom stereocenters. The van der Waals surface area contributed by atoms with Crippen LogP contribution in [0.2, 0.25) is 5.02 Å². The van der Waals surface area contributed by atoms with Gasteiger partial charge in [0, 0.05) is 34.3 Å². The summed E-state index contributed by atoms with van der Waals surface area (Å²) in [5.74, 6) is 0. The number of nitro groups is 1. The van der Waals surface area contributed by atoms with E-state index in [4.69, 9.17) is 11.6 Å². The Hall–Kier alpha value is -3.89. The molecule has 0 fully saturated rings. The number of rotatable bonds is 7. The predicted octanol–water partition coefficient (Wildman–Crippen LogP) is 5.28. The summed E-state index contributed by atoms with van der Waals surface area (Å²) in [4.78, 5) is 13.5. The van der Waals surface area contributed by atoms with E-state index in [1.807, 2.05) is 31.2 Å². The van der Waals surface area contributed by atoms with Gasteiger partial charge in [-0.25, -0.2) is 8.42 Å². The number of aromatic nitrogens is 1. The summed E-state index contributed by atoms with van der Waals surface area (Å²) in [7, 11) is -4.23. The van der Waals surface area contributed by atoms with Crippen LogP contribution in [0.15, 0.2) is 76.7 Å². The third-order valence-electron chi connectivity index (χ3n) is 4.91. The number of anilines is 2. The van der Waals surface area contributed by atoms with Crippen molar-refractivity contribution < 1.29 is 13.3 Å². The number of hydrogen-bond donors (Lipinski definition) is 3. The highest BCUT2D eigenvalue weighted by atomic mass is 35.5. The van der Waals surface area contributed by atoms with Crippen LogP contribution in [0.4, 0.5) is 17.1 Å². The Morgan fingerprint density at radius 1 is 1.06 bits per heavy atom. The molecule has 0 aliphatic rings. The molecule has 33 heavy (non-hydrogen) atoms. The predicted molar refractivity (Wildman–Crippen MR) is 130 cm³/mol. The van der Waals surface area contributed by atoms with E-state index in [9.17, 15) is 18.5 Å². The number of H-pyrrole nitrogens is 1. The lowest BCUT2D eigenvalue weighted by molar-refractivity contribution is -0.385. The molecule has 1 aromatic heterocycles. The number of aryl methyl sites for hydroxylation is 1. The SMILES string of the molecule is Cc1[nH]c2ccccc2c1C=NNc1ccc([N+](=O)[O-])cc1S(=O)(=O)Nc1ccccc1Cl. The molecule has 0 saturated carbocycles. The molecule has 0 spiro atoms. The van der Waals surface area contributed by atoms with Gasteiger partial charge in [-0.05, 0) is 31.2 Å². The summed E-state index contributed by atoms with van der Waals surface area (Å²) in [6, 6.07) is 17.4. The quantitative estimate of drug-likeness (QED) is 0.187. The standard InChI is InChI=1S/C22H18ClN5O4S/c1-14-17(16-6-2-4-8-19(16)25-14)13-24-26-21-11-10-15(28(29)30)12-22(21)33(31,32)27-20-9-5-3-7-18(20)23/h2-13,25-27H,1H3. The molecule has 11 heteroatoms. The molecule has 4 rings (SSSR count). The fourth-order valence-corrected chi connectivity index (χ4v) is 4.81. The summed E-state index contributed by atoms with van der Waals surface area (Å²) in [5.41, 5.74) is 5.19. The van der Waals surface area contributed by atoms with Gasteiger partial charge in [0.2, 0.25) is 0 Å². The molecule has 1 heterocycles. The first-order chi connectivity index (χ1) is 15.8. The highest BCUT2D eigenvalue weighted by molar-refractivity contribution is 7.93. The average Bonchev–Trinajstić information content (AvgIpc) is 3.10. The smallest absolute Gasteiger partial charge is 0.270 e. The maximum absolute atomic E-state index is 13.1. The zero-order valence-electron chi connectivity index (χ0n) is 17.2. The summed E-state index contributed by atoms with van der Waals surface area (Å²) in [5, 5.41) is 16.6. The number of aromatic amines is 1. The maximum atomic E-state index is 13.1. The Labute approximate surface area is 194 Å². The van der Waals surface area contributed by atoms with E-state index in [1.54, 1.807) is 18.3 Å². The van der Waals surface area contributed by atoms with Gasteiger partial charge in [0.15, 0.2) is 0 Å². The van der Waals surface area contributed by atoms with Gasteiger partial charge in [0.05, 0.1) is 27.5 Å². The Kier molecular flexibility index (Phi) is 6.03. The Balaban J connectivity index is 1.70. The van der Waals surface area contributed by atoms with Crippen LogP contribution in [0.3, 0.4) is 0 Å². The largest absolute Gasteiger partial charge is 0.358 e. The van der Waals surface area contributed by atoms with Crippen molar-refractivity contribution in [3.05, 3.63) is 93.1 Å². The number of sulfonamides is 1. The molecule has 0 saturated heterocycles. The number of fused-ring (bicyclic) bond motifs is 1. The van der Waals surface area contributed by atoms with Crippen molar-refractivity contribution in [1.29, 1.82) is 0 Å². The van der Waals surface area contributed by atoms with Crippen molar-refractivity contribution >= 4 is 55.8 Å². The van der Waals surface area contributed by atoms with Crippen LogP contribution in [-0.2, 0) is 10.0 Å². The monoisotopic (exact) mass is 483 g/mol. The van der Waals surface area contributed by atoms with Crippen molar-refractivity contribution in [2.45, 2.75) is 11.8 Å². The van der Waals surface area contributed by atoms with E-state index in [0.717, 1.165) is 28.2 Å². The molecule has 3 aromatic carbocycles. The number of benzene rings is 3. The summed E-state index contributed by atoms with van der Waals surface area (Å²) in [6.45, 7) is 1.90. The van der Waals surface area contributed by atoms with E-state index in [0.29, 0.717) is 0 Å². The minimum atomic E-state index is -4.23. The minimum absolute atomic E-state index is 0.0638. The lowest BCUT2D eigenvalue weighted by Gasteiger charge is -2.12. The van der Waals surface area contributed by atoms with Crippen LogP contribution in [0.25, 0.3) is 10.9 Å². The fraction of sp³-hybridized carbons (Fsp3) is 0.0455. The molecule has 0 aliphatic carbocycles. The van der Waals surface area contributed by atoms with Gasteiger partial charge < -0.3 is 4.98 Å². The number of para-hydroxylation sites is 2. The Morgan fingerprint density at radius 3 is 2.55 bits per heavy atom. The fourth-order valence-electron chi connectivity index (χ4n) is 3.31. The van der Waals surface area contributed by atoms with Gasteiger partial charge in [-0.15, -0.1) is 0 Å². The zero-order chi connectivity index (χ0) is 23.6. The normalized spacial score (nSPS) is 11.7. The van der Waals surface area contributed by atoms with Gasteiger partial charge in [0.1, 0.15) is 4.90 Å². The van der Waals surface area contributed by atoms with Gasteiger partial charge in [-0.1, -0.05) is 41.9 Å². The van der Waals surface area contributed by atoms with Crippen LogP contribution in [-0.4, -0.2) is 24.5 Å². The summed E-state index contributed by atoms with van der Waals surface area (Å²) < 4.78 is 28.5. The molecule has 0 amide bonds. The highest BCUT2D eigenvalue weighted by Crippen LogP contribution is 2.30. The Morgan fingerprint density at radius 2 is 1.79 bits per heavy atom. The molecule has 4 aromatic rings. The molecule has 9 nitrogen and oxygen atoms in total. The second kappa shape index (κ2) is 8.93. The summed E-state index contributed by atoms with van der Waals surface area (Å²) >= 11 is 6.07. The molecule has 0 radical (unpaired) electrons. The number of halogens is 1. The van der Waals surface area contributed by atoms with Gasteiger partial charge >= 0.3 is 0 Å². The second-order valence-electron chi connectivity index (χ2n) is 7.10. The molecule has 0 bridgehead atoms. The minimum Gasteiger partial charge on any atom is -0.358 e. The van der Waals surface area contributed by atoms with Gasteiger partial charge in [0.25, 0.3) is 15.7 Å². The lowest BCUT2D eigenvalue weighted by Crippen LogP contribution is -2.15. The van der Waals surface area contributed by atoms with Crippen LogP contribution in [0.1, 0.15) is 11.3 Å². The number of hydrazone groups is 1. The molecule has 0 aliphatic heterocycles. The van der Waals surface area contributed by atoms with E-state index >= 15 is 0 Å². The van der Waals surface area contributed by atoms with E-state index in [1.165, 1.54) is 24.3 Å². The molecule has 168 valence electrons. The molecule has 0 atom stereocenters. The number of non-ortho nitro benzene ring substituents is 1. The zero-order valence-corrected chi connectivity index (χ0v) is 18.8. The van der Waals surface area contributed by atoms with E-state index < -0.39 is 14.9 Å². The third kappa shape index (κ3) is 4.66. The second-order valence-corrected chi connectivity index (χ2v) is 9.16. The third-order valence-corrected chi connectivity index (χ3v) is 6.64. The van der Waals surface area contributed by atoms with Crippen molar-refractivity contribution in [2.75, 3.05) is 10.1 Å². The van der Waals surface area contributed by atoms with Crippen molar-refractivity contribution in [2.24, 2.45) is 5.10 Å². The van der Waals surface area contributed by atoms with Crippen LogP contribution in [0.5, 0.6) is 0 Å². The summed E-state index contributed by atoms with van der Waals surface area (Å²) in [6.07, 6.45) is 1.56.